The molecule has 0 fully saturated rings. The molecule has 0 radical (unpaired) electrons. The van der Waals surface area contributed by atoms with Crippen LogP contribution in [0.3, 0.4) is 0 Å². The topological polar surface area (TPSA) is 79.4 Å². The predicted molar refractivity (Wildman–Crippen MR) is 77.3 cm³/mol. The Balaban J connectivity index is 1.90. The van der Waals surface area contributed by atoms with Crippen molar-refractivity contribution in [2.45, 2.75) is 6.42 Å². The summed E-state index contributed by atoms with van der Waals surface area (Å²) in [5.74, 6) is 0.276. The van der Waals surface area contributed by atoms with Gasteiger partial charge in [-0.2, -0.15) is 4.98 Å². The molecule has 1 aromatic heterocycles. The van der Waals surface area contributed by atoms with Crippen molar-refractivity contribution in [3.05, 3.63) is 58.9 Å². The van der Waals surface area contributed by atoms with E-state index in [-0.39, 0.29) is 23.0 Å². The number of halogens is 1. The number of nitrogens with zero attached hydrogens (tertiary/aromatic N) is 2. The summed E-state index contributed by atoms with van der Waals surface area (Å²) in [6.07, 6.45) is 0.443. The van der Waals surface area contributed by atoms with Gasteiger partial charge >= 0.3 is 0 Å². The molecule has 106 valence electrons. The summed E-state index contributed by atoms with van der Waals surface area (Å²) < 4.78 is 5.10. The number of hydrogen-bond donors (Lipinski definition) is 2. The van der Waals surface area contributed by atoms with Gasteiger partial charge in [0.2, 0.25) is 0 Å². The second-order valence-corrected chi connectivity index (χ2v) is 4.93. The van der Waals surface area contributed by atoms with Gasteiger partial charge in [-0.3, -0.25) is 0 Å². The summed E-state index contributed by atoms with van der Waals surface area (Å²) in [5.41, 5.74) is 1.07. The van der Waals surface area contributed by atoms with E-state index >= 15 is 0 Å². The molecule has 0 amide bonds. The van der Waals surface area contributed by atoms with Crippen LogP contribution in [0, 0.1) is 0 Å². The van der Waals surface area contributed by atoms with Gasteiger partial charge in [0.15, 0.2) is 5.82 Å². The fourth-order valence-electron chi connectivity index (χ4n) is 2.00. The van der Waals surface area contributed by atoms with E-state index in [1.54, 1.807) is 6.07 Å². The lowest BCUT2D eigenvalue weighted by Gasteiger charge is -2.01. The molecule has 2 N–H and O–H groups in total. The molecule has 2 aromatic carbocycles. The molecule has 21 heavy (non-hydrogen) atoms. The summed E-state index contributed by atoms with van der Waals surface area (Å²) >= 11 is 5.92. The Morgan fingerprint density at radius 2 is 1.76 bits per heavy atom. The highest BCUT2D eigenvalue weighted by Crippen LogP contribution is 2.35. The lowest BCUT2D eigenvalue weighted by atomic mass is 10.1. The Kier molecular flexibility index (Phi) is 3.50. The van der Waals surface area contributed by atoms with E-state index in [1.807, 2.05) is 18.2 Å². The van der Waals surface area contributed by atoms with Crippen molar-refractivity contribution in [1.82, 2.24) is 10.1 Å². The zero-order valence-electron chi connectivity index (χ0n) is 10.8. The van der Waals surface area contributed by atoms with E-state index in [1.165, 1.54) is 18.2 Å². The lowest BCUT2D eigenvalue weighted by molar-refractivity contribution is 0.410. The largest absolute Gasteiger partial charge is 0.507 e. The smallest absolute Gasteiger partial charge is 0.265 e. The number of rotatable bonds is 3. The van der Waals surface area contributed by atoms with Crippen LogP contribution in [0.2, 0.25) is 5.02 Å². The van der Waals surface area contributed by atoms with Gasteiger partial charge in [-0.05, 0) is 29.8 Å². The molecule has 0 bridgehead atoms. The predicted octanol–water partition coefficient (Wildman–Crippen LogP) is 3.39. The number of aromatic nitrogens is 2. The number of phenolic OH excluding ortho intramolecular Hbond substituents is 2. The second kappa shape index (κ2) is 5.46. The van der Waals surface area contributed by atoms with Crippen molar-refractivity contribution in [2.24, 2.45) is 0 Å². The average Bonchev–Trinajstić information content (AvgIpc) is 2.87. The monoisotopic (exact) mass is 302 g/mol. The van der Waals surface area contributed by atoms with Crippen molar-refractivity contribution in [1.29, 1.82) is 0 Å². The van der Waals surface area contributed by atoms with Gasteiger partial charge in [-0.1, -0.05) is 35.0 Å². The third-order valence-corrected chi connectivity index (χ3v) is 3.19. The first-order valence-electron chi connectivity index (χ1n) is 6.22. The minimum absolute atomic E-state index is 0.0719. The van der Waals surface area contributed by atoms with Crippen LogP contribution in [0.1, 0.15) is 11.4 Å². The average molecular weight is 303 g/mol. The molecule has 6 heteroatoms. The maximum atomic E-state index is 9.77. The van der Waals surface area contributed by atoms with Crippen molar-refractivity contribution in [3.8, 4) is 23.0 Å². The molecule has 0 aliphatic heterocycles. The summed E-state index contributed by atoms with van der Waals surface area (Å²) in [6, 6.07) is 11.7. The Bertz CT molecular complexity index is 766. The van der Waals surface area contributed by atoms with Gasteiger partial charge in [0.1, 0.15) is 17.1 Å². The summed E-state index contributed by atoms with van der Waals surface area (Å²) in [6.45, 7) is 0. The van der Waals surface area contributed by atoms with Gasteiger partial charge in [-0.15, -0.1) is 0 Å². The van der Waals surface area contributed by atoms with Crippen LogP contribution in [-0.2, 0) is 6.42 Å². The first-order chi connectivity index (χ1) is 10.1. The van der Waals surface area contributed by atoms with E-state index in [2.05, 4.69) is 10.1 Å². The molecule has 3 aromatic rings. The molecular formula is C15H11ClN2O3. The normalized spacial score (nSPS) is 10.7. The number of benzene rings is 2. The van der Waals surface area contributed by atoms with E-state index in [4.69, 9.17) is 16.1 Å². The molecule has 0 unspecified atom stereocenters. The van der Waals surface area contributed by atoms with E-state index < -0.39 is 0 Å². The Morgan fingerprint density at radius 1 is 1.05 bits per heavy atom. The third-order valence-electron chi connectivity index (χ3n) is 2.95. The van der Waals surface area contributed by atoms with E-state index in [0.717, 1.165) is 5.56 Å². The van der Waals surface area contributed by atoms with Crippen molar-refractivity contribution < 1.29 is 14.7 Å². The van der Waals surface area contributed by atoms with Crippen LogP contribution in [0.4, 0.5) is 0 Å². The van der Waals surface area contributed by atoms with Gasteiger partial charge < -0.3 is 14.7 Å². The maximum Gasteiger partial charge on any atom is 0.265 e. The zero-order valence-corrected chi connectivity index (χ0v) is 11.6. The minimum Gasteiger partial charge on any atom is -0.507 e. The highest BCUT2D eigenvalue weighted by molar-refractivity contribution is 6.30. The van der Waals surface area contributed by atoms with Crippen LogP contribution in [0.5, 0.6) is 11.5 Å². The number of hydrogen-bond acceptors (Lipinski definition) is 5. The van der Waals surface area contributed by atoms with Gasteiger partial charge in [0.25, 0.3) is 5.89 Å². The van der Waals surface area contributed by atoms with E-state index in [9.17, 15) is 10.2 Å². The Hall–Kier alpha value is -2.53. The SMILES string of the molecule is Oc1cccc(O)c1-c1nc(Cc2cccc(Cl)c2)no1. The van der Waals surface area contributed by atoms with Crippen LogP contribution >= 0.6 is 11.6 Å². The second-order valence-electron chi connectivity index (χ2n) is 4.49. The molecule has 1 heterocycles. The van der Waals surface area contributed by atoms with Crippen LogP contribution in [-0.4, -0.2) is 20.4 Å². The molecule has 0 spiro atoms. The van der Waals surface area contributed by atoms with Crippen LogP contribution in [0.25, 0.3) is 11.5 Å². The molecule has 0 aliphatic rings. The molecule has 0 aliphatic carbocycles. The Morgan fingerprint density at radius 3 is 2.48 bits per heavy atom. The van der Waals surface area contributed by atoms with E-state index in [0.29, 0.717) is 17.3 Å². The summed E-state index contributed by atoms with van der Waals surface area (Å²) in [7, 11) is 0. The third kappa shape index (κ3) is 2.83. The molecule has 0 saturated carbocycles. The lowest BCUT2D eigenvalue weighted by Crippen LogP contribution is -1.90. The fraction of sp³-hybridized carbons (Fsp3) is 0.0667. The Labute approximate surface area is 125 Å². The van der Waals surface area contributed by atoms with Crippen molar-refractivity contribution in [3.63, 3.8) is 0 Å². The summed E-state index contributed by atoms with van der Waals surface area (Å²) in [5, 5.41) is 24.0. The van der Waals surface area contributed by atoms with Gasteiger partial charge in [0, 0.05) is 11.4 Å². The number of aromatic hydroxyl groups is 2. The van der Waals surface area contributed by atoms with Crippen molar-refractivity contribution in [2.75, 3.05) is 0 Å². The first kappa shape index (κ1) is 13.5. The number of phenols is 2. The summed E-state index contributed by atoms with van der Waals surface area (Å²) in [4.78, 5) is 4.19. The molecule has 3 rings (SSSR count). The van der Waals surface area contributed by atoms with Crippen LogP contribution in [0.15, 0.2) is 47.0 Å². The van der Waals surface area contributed by atoms with Crippen molar-refractivity contribution >= 4 is 11.6 Å². The highest BCUT2D eigenvalue weighted by atomic mass is 35.5. The standard InChI is InChI=1S/C15H11ClN2O3/c16-10-4-1-3-9(7-10)8-13-17-15(21-18-13)14-11(19)5-2-6-12(14)20/h1-7,19-20H,8H2. The maximum absolute atomic E-state index is 9.77. The van der Waals surface area contributed by atoms with Gasteiger partial charge in [-0.25, -0.2) is 0 Å². The van der Waals surface area contributed by atoms with Crippen LogP contribution < -0.4 is 0 Å². The first-order valence-corrected chi connectivity index (χ1v) is 6.59. The molecular weight excluding hydrogens is 292 g/mol. The zero-order chi connectivity index (χ0) is 14.8. The quantitative estimate of drug-likeness (QED) is 0.775. The fourth-order valence-corrected chi connectivity index (χ4v) is 2.22. The molecule has 0 atom stereocenters. The minimum atomic E-state index is -0.118. The molecule has 0 saturated heterocycles. The molecule has 5 nitrogen and oxygen atoms in total. The van der Waals surface area contributed by atoms with Gasteiger partial charge in [0.05, 0.1) is 0 Å². The highest BCUT2D eigenvalue weighted by Gasteiger charge is 2.17.